The van der Waals surface area contributed by atoms with Crippen molar-refractivity contribution in [3.8, 4) is 11.8 Å². The van der Waals surface area contributed by atoms with Crippen LogP contribution in [0.2, 0.25) is 0 Å². The summed E-state index contributed by atoms with van der Waals surface area (Å²) in [5.41, 5.74) is 1.70. The van der Waals surface area contributed by atoms with E-state index in [-0.39, 0.29) is 0 Å². The quantitative estimate of drug-likeness (QED) is 0.826. The van der Waals surface area contributed by atoms with Gasteiger partial charge in [0.25, 0.3) is 0 Å². The predicted octanol–water partition coefficient (Wildman–Crippen LogP) is 4.24. The van der Waals surface area contributed by atoms with Gasteiger partial charge < -0.3 is 4.74 Å². The molecule has 0 aromatic heterocycles. The largest absolute Gasteiger partial charge is 0.493 e. The molecule has 20 heavy (non-hydrogen) atoms. The molecule has 0 amide bonds. The van der Waals surface area contributed by atoms with Crippen LogP contribution in [0.25, 0.3) is 0 Å². The lowest BCUT2D eigenvalue weighted by atomic mass is 9.73. The summed E-state index contributed by atoms with van der Waals surface area (Å²) in [6, 6.07) is 18.6. The molecule has 0 radical (unpaired) electrons. The average molecular weight is 328 g/mol. The van der Waals surface area contributed by atoms with Crippen molar-refractivity contribution in [1.29, 1.82) is 5.26 Å². The minimum absolute atomic E-state index is 0.483. The molecule has 0 spiro atoms. The number of halogens is 1. The van der Waals surface area contributed by atoms with E-state index in [1.54, 1.807) is 0 Å². The Morgan fingerprint density at radius 1 is 1.15 bits per heavy atom. The number of rotatable bonds is 2. The third kappa shape index (κ3) is 2.32. The summed E-state index contributed by atoms with van der Waals surface area (Å²) in [5.74, 6) is 0.845. The van der Waals surface area contributed by atoms with Gasteiger partial charge in [-0.1, -0.05) is 46.3 Å². The molecule has 0 bridgehead atoms. The summed E-state index contributed by atoms with van der Waals surface area (Å²) < 4.78 is 6.73. The number of benzene rings is 2. The van der Waals surface area contributed by atoms with Crippen molar-refractivity contribution < 1.29 is 4.74 Å². The summed E-state index contributed by atoms with van der Waals surface area (Å²) in [6.45, 7) is 0.598. The van der Waals surface area contributed by atoms with Crippen LogP contribution < -0.4 is 4.74 Å². The molecule has 0 aliphatic carbocycles. The summed E-state index contributed by atoms with van der Waals surface area (Å²) in [4.78, 5) is 0. The van der Waals surface area contributed by atoms with Crippen LogP contribution in [0.15, 0.2) is 53.0 Å². The highest BCUT2D eigenvalue weighted by Crippen LogP contribution is 2.40. The molecule has 100 valence electrons. The predicted molar refractivity (Wildman–Crippen MR) is 81.7 cm³/mol. The van der Waals surface area contributed by atoms with E-state index in [2.05, 4.69) is 34.1 Å². The van der Waals surface area contributed by atoms with Crippen molar-refractivity contribution in [2.45, 2.75) is 18.3 Å². The molecule has 2 aromatic rings. The highest BCUT2D eigenvalue weighted by molar-refractivity contribution is 9.10. The van der Waals surface area contributed by atoms with Crippen LogP contribution in [0.1, 0.15) is 17.5 Å². The Hall–Kier alpha value is -1.79. The van der Waals surface area contributed by atoms with Crippen molar-refractivity contribution >= 4 is 15.9 Å². The Labute approximate surface area is 127 Å². The smallest absolute Gasteiger partial charge is 0.124 e. The maximum atomic E-state index is 9.79. The van der Waals surface area contributed by atoms with E-state index in [0.29, 0.717) is 6.61 Å². The van der Waals surface area contributed by atoms with Crippen molar-refractivity contribution in [2.75, 3.05) is 6.61 Å². The van der Waals surface area contributed by atoms with Gasteiger partial charge in [-0.3, -0.25) is 0 Å². The molecule has 2 nitrogen and oxygen atoms in total. The Morgan fingerprint density at radius 2 is 1.90 bits per heavy atom. The van der Waals surface area contributed by atoms with E-state index in [9.17, 15) is 5.26 Å². The lowest BCUT2D eigenvalue weighted by Gasteiger charge is -2.33. The molecule has 1 unspecified atom stereocenters. The maximum Gasteiger partial charge on any atom is 0.124 e. The Bertz CT molecular complexity index is 659. The molecule has 1 heterocycles. The van der Waals surface area contributed by atoms with E-state index in [4.69, 9.17) is 4.74 Å². The van der Waals surface area contributed by atoms with Crippen molar-refractivity contribution in [2.24, 2.45) is 0 Å². The first-order chi connectivity index (χ1) is 9.73. The number of nitrogens with zero attached hydrogens (tertiary/aromatic N) is 1. The SMILES string of the molecule is N#CC1(Cc2ccc(Br)cc2)CCOc2ccccc21. The zero-order valence-corrected chi connectivity index (χ0v) is 12.6. The van der Waals surface area contributed by atoms with Gasteiger partial charge in [0.1, 0.15) is 5.75 Å². The average Bonchev–Trinajstić information content (AvgIpc) is 2.50. The molecule has 3 heteroatoms. The first-order valence-electron chi connectivity index (χ1n) is 6.61. The minimum atomic E-state index is -0.483. The van der Waals surface area contributed by atoms with Gasteiger partial charge in [-0.15, -0.1) is 0 Å². The first-order valence-corrected chi connectivity index (χ1v) is 7.41. The summed E-state index contributed by atoms with van der Waals surface area (Å²) >= 11 is 3.44. The highest BCUT2D eigenvalue weighted by atomic mass is 79.9. The second-order valence-electron chi connectivity index (χ2n) is 5.09. The van der Waals surface area contributed by atoms with E-state index in [1.165, 1.54) is 5.56 Å². The van der Waals surface area contributed by atoms with E-state index in [1.807, 2.05) is 36.4 Å². The Kier molecular flexibility index (Phi) is 3.50. The summed E-state index contributed by atoms with van der Waals surface area (Å²) in [7, 11) is 0. The van der Waals surface area contributed by atoms with Crippen LogP contribution >= 0.6 is 15.9 Å². The van der Waals surface area contributed by atoms with Crippen LogP contribution in [-0.2, 0) is 11.8 Å². The van der Waals surface area contributed by atoms with Crippen LogP contribution in [0, 0.1) is 11.3 Å². The lowest BCUT2D eigenvalue weighted by Crippen LogP contribution is -2.33. The first kappa shape index (κ1) is 13.2. The van der Waals surface area contributed by atoms with Gasteiger partial charge in [0.2, 0.25) is 0 Å². The van der Waals surface area contributed by atoms with Gasteiger partial charge >= 0.3 is 0 Å². The second-order valence-corrected chi connectivity index (χ2v) is 6.01. The van der Waals surface area contributed by atoms with Gasteiger partial charge in [0.05, 0.1) is 18.1 Å². The minimum Gasteiger partial charge on any atom is -0.493 e. The fourth-order valence-electron chi connectivity index (χ4n) is 2.75. The van der Waals surface area contributed by atoms with Crippen molar-refractivity contribution in [3.63, 3.8) is 0 Å². The van der Waals surface area contributed by atoms with Gasteiger partial charge in [-0.05, 0) is 30.2 Å². The molecule has 1 aliphatic heterocycles. The molecule has 1 atom stereocenters. The van der Waals surface area contributed by atoms with Gasteiger partial charge in [-0.25, -0.2) is 0 Å². The Morgan fingerprint density at radius 3 is 2.65 bits per heavy atom. The van der Waals surface area contributed by atoms with E-state index >= 15 is 0 Å². The zero-order chi connectivity index (χ0) is 14.0. The zero-order valence-electron chi connectivity index (χ0n) is 11.0. The number of hydrogen-bond donors (Lipinski definition) is 0. The van der Waals surface area contributed by atoms with Crippen molar-refractivity contribution in [3.05, 3.63) is 64.1 Å². The van der Waals surface area contributed by atoms with E-state index in [0.717, 1.165) is 28.6 Å². The van der Waals surface area contributed by atoms with E-state index < -0.39 is 5.41 Å². The molecule has 0 saturated heterocycles. The van der Waals surface area contributed by atoms with Crippen LogP contribution in [0.3, 0.4) is 0 Å². The third-order valence-corrected chi connectivity index (χ3v) is 4.35. The van der Waals surface area contributed by atoms with Crippen molar-refractivity contribution in [1.82, 2.24) is 0 Å². The highest BCUT2D eigenvalue weighted by Gasteiger charge is 2.38. The van der Waals surface area contributed by atoms with Gasteiger partial charge in [0.15, 0.2) is 0 Å². The molecule has 0 fully saturated rings. The fraction of sp³-hybridized carbons (Fsp3) is 0.235. The number of fused-ring (bicyclic) bond motifs is 1. The number of nitriles is 1. The Balaban J connectivity index is 2.01. The third-order valence-electron chi connectivity index (χ3n) is 3.82. The molecule has 0 saturated carbocycles. The number of para-hydroxylation sites is 1. The summed E-state index contributed by atoms with van der Waals surface area (Å²) in [6.07, 6.45) is 1.45. The molecular formula is C17H14BrNO. The molecular weight excluding hydrogens is 314 g/mol. The molecule has 2 aromatic carbocycles. The van der Waals surface area contributed by atoms with Gasteiger partial charge in [-0.2, -0.15) is 5.26 Å². The number of ether oxygens (including phenoxy) is 1. The normalized spacial score (nSPS) is 20.6. The second kappa shape index (κ2) is 5.30. The molecule has 3 rings (SSSR count). The van der Waals surface area contributed by atoms with Crippen LogP contribution in [0.5, 0.6) is 5.75 Å². The fourth-order valence-corrected chi connectivity index (χ4v) is 3.01. The maximum absolute atomic E-state index is 9.79. The van der Waals surface area contributed by atoms with Crippen LogP contribution in [0.4, 0.5) is 0 Å². The lowest BCUT2D eigenvalue weighted by molar-refractivity contribution is 0.241. The van der Waals surface area contributed by atoms with Gasteiger partial charge in [0, 0.05) is 16.5 Å². The van der Waals surface area contributed by atoms with Crippen LogP contribution in [-0.4, -0.2) is 6.61 Å². The number of hydrogen-bond acceptors (Lipinski definition) is 2. The summed E-state index contributed by atoms with van der Waals surface area (Å²) in [5, 5.41) is 9.79. The molecule has 1 aliphatic rings. The topological polar surface area (TPSA) is 33.0 Å². The standard InChI is InChI=1S/C17H14BrNO/c18-14-7-5-13(6-8-14)11-17(12-19)9-10-20-16-4-2-1-3-15(16)17/h1-8H,9-11H2. The monoisotopic (exact) mass is 327 g/mol. The molecule has 0 N–H and O–H groups in total.